The van der Waals surface area contributed by atoms with Crippen LogP contribution in [0.15, 0.2) is 61.2 Å². The Labute approximate surface area is 107 Å². The van der Waals surface area contributed by atoms with Crippen molar-refractivity contribution < 1.29 is 10.0 Å². The Kier molecular flexibility index (Phi) is 5.61. The maximum Gasteiger partial charge on any atom is 0.274 e. The highest BCUT2D eigenvalue weighted by molar-refractivity contribution is 5.94. The van der Waals surface area contributed by atoms with Crippen molar-refractivity contribution in [3.63, 3.8) is 0 Å². The number of nitrogens with one attached hydrogen (secondary N) is 1. The van der Waals surface area contributed by atoms with Crippen LogP contribution in [0.5, 0.6) is 0 Å². The minimum Gasteiger partial charge on any atom is -0.288 e. The van der Waals surface area contributed by atoms with Gasteiger partial charge in [0.2, 0.25) is 0 Å². The first kappa shape index (κ1) is 13.9. The summed E-state index contributed by atoms with van der Waals surface area (Å²) in [4.78, 5) is 11.5. The van der Waals surface area contributed by atoms with Gasteiger partial charge >= 0.3 is 0 Å². The van der Waals surface area contributed by atoms with Crippen LogP contribution in [0, 0.1) is 0 Å². The second-order valence-corrected chi connectivity index (χ2v) is 3.78. The van der Waals surface area contributed by atoms with Gasteiger partial charge in [0, 0.05) is 5.56 Å². The molecule has 0 aromatic heterocycles. The van der Waals surface area contributed by atoms with Gasteiger partial charge in [-0.15, -0.1) is 0 Å². The van der Waals surface area contributed by atoms with E-state index in [1.807, 2.05) is 18.2 Å². The van der Waals surface area contributed by atoms with Gasteiger partial charge in [-0.3, -0.25) is 10.0 Å². The Morgan fingerprint density at radius 2 is 2.06 bits per heavy atom. The molecule has 0 fully saturated rings. The van der Waals surface area contributed by atoms with Crippen molar-refractivity contribution in [3.8, 4) is 0 Å². The molecule has 0 radical (unpaired) electrons. The summed E-state index contributed by atoms with van der Waals surface area (Å²) in [6.45, 7) is 7.37. The third-order valence-electron chi connectivity index (χ3n) is 2.64. The second-order valence-electron chi connectivity index (χ2n) is 3.78. The van der Waals surface area contributed by atoms with E-state index in [9.17, 15) is 4.79 Å². The Morgan fingerprint density at radius 3 is 2.67 bits per heavy atom. The highest BCUT2D eigenvalue weighted by atomic mass is 16.5. The number of aryl methyl sites for hydroxylation is 1. The number of allylic oxidation sites excluding steroid dienone is 4. The zero-order chi connectivity index (χ0) is 13.4. The van der Waals surface area contributed by atoms with Crippen molar-refractivity contribution in [2.24, 2.45) is 0 Å². The molecule has 0 spiro atoms. The van der Waals surface area contributed by atoms with Crippen LogP contribution in [-0.4, -0.2) is 11.1 Å². The average molecular weight is 243 g/mol. The van der Waals surface area contributed by atoms with Crippen LogP contribution in [-0.2, 0) is 6.42 Å². The first-order valence-electron chi connectivity index (χ1n) is 5.69. The summed E-state index contributed by atoms with van der Waals surface area (Å²) >= 11 is 0. The van der Waals surface area contributed by atoms with E-state index in [4.69, 9.17) is 5.21 Å². The van der Waals surface area contributed by atoms with Gasteiger partial charge in [-0.05, 0) is 30.0 Å². The van der Waals surface area contributed by atoms with Crippen molar-refractivity contribution in [2.45, 2.75) is 12.8 Å². The summed E-state index contributed by atoms with van der Waals surface area (Å²) < 4.78 is 0. The molecule has 0 aliphatic heterocycles. The second kappa shape index (κ2) is 7.25. The van der Waals surface area contributed by atoms with Gasteiger partial charge in [-0.25, -0.2) is 5.48 Å². The maximum absolute atomic E-state index is 11.5. The van der Waals surface area contributed by atoms with E-state index in [2.05, 4.69) is 13.2 Å². The molecule has 2 N–H and O–H groups in total. The molecular formula is C15H17NO2. The molecule has 0 saturated carbocycles. The number of benzene rings is 1. The molecule has 94 valence electrons. The SMILES string of the molecule is C=C/C=C(\C=C)CCc1ccccc1C(=O)NO. The summed E-state index contributed by atoms with van der Waals surface area (Å²) in [5.74, 6) is -0.488. The zero-order valence-corrected chi connectivity index (χ0v) is 10.2. The molecule has 3 heteroatoms. The standard InChI is InChI=1S/C15H17NO2/c1-3-7-12(4-2)10-11-13-8-5-6-9-14(13)15(17)16-18/h3-9,18H,1-2,10-11H2,(H,16,17)/b12-7+. The van der Waals surface area contributed by atoms with Crippen LogP contribution in [0.25, 0.3) is 0 Å². The number of hydrogen-bond acceptors (Lipinski definition) is 2. The van der Waals surface area contributed by atoms with E-state index < -0.39 is 5.91 Å². The number of hydroxylamine groups is 1. The van der Waals surface area contributed by atoms with E-state index in [1.54, 1.807) is 29.8 Å². The third kappa shape index (κ3) is 3.71. The van der Waals surface area contributed by atoms with E-state index in [-0.39, 0.29) is 0 Å². The molecule has 0 heterocycles. The lowest BCUT2D eigenvalue weighted by atomic mass is 9.99. The molecule has 1 amide bonds. The molecule has 3 nitrogen and oxygen atoms in total. The lowest BCUT2D eigenvalue weighted by Gasteiger charge is -2.08. The smallest absolute Gasteiger partial charge is 0.274 e. The van der Waals surface area contributed by atoms with Crippen molar-refractivity contribution >= 4 is 5.91 Å². The molecule has 18 heavy (non-hydrogen) atoms. The molecule has 0 aliphatic carbocycles. The van der Waals surface area contributed by atoms with Crippen LogP contribution in [0.1, 0.15) is 22.3 Å². The number of hydrogen-bond donors (Lipinski definition) is 2. The predicted octanol–water partition coefficient (Wildman–Crippen LogP) is 3.04. The molecule has 1 rings (SSSR count). The van der Waals surface area contributed by atoms with Crippen LogP contribution in [0.4, 0.5) is 0 Å². The quantitative estimate of drug-likeness (QED) is 0.458. The largest absolute Gasteiger partial charge is 0.288 e. The van der Waals surface area contributed by atoms with Crippen LogP contribution < -0.4 is 5.48 Å². The van der Waals surface area contributed by atoms with E-state index in [0.717, 1.165) is 17.6 Å². The maximum atomic E-state index is 11.5. The average Bonchev–Trinajstić information content (AvgIpc) is 2.43. The van der Waals surface area contributed by atoms with Crippen molar-refractivity contribution in [1.82, 2.24) is 5.48 Å². The monoisotopic (exact) mass is 243 g/mol. The van der Waals surface area contributed by atoms with Gasteiger partial charge in [-0.2, -0.15) is 0 Å². The molecular weight excluding hydrogens is 226 g/mol. The predicted molar refractivity (Wildman–Crippen MR) is 72.5 cm³/mol. The fourth-order valence-electron chi connectivity index (χ4n) is 1.70. The van der Waals surface area contributed by atoms with Crippen molar-refractivity contribution in [3.05, 3.63) is 72.4 Å². The molecule has 0 unspecified atom stereocenters. The zero-order valence-electron chi connectivity index (χ0n) is 10.2. The fourth-order valence-corrected chi connectivity index (χ4v) is 1.70. The van der Waals surface area contributed by atoms with E-state index in [0.29, 0.717) is 12.0 Å². The number of carbonyl (C=O) groups excluding carboxylic acids is 1. The Balaban J connectivity index is 2.84. The minimum absolute atomic E-state index is 0.488. The fraction of sp³-hybridized carbons (Fsp3) is 0.133. The lowest BCUT2D eigenvalue weighted by Crippen LogP contribution is -2.20. The van der Waals surface area contributed by atoms with Crippen molar-refractivity contribution in [1.29, 1.82) is 0 Å². The minimum atomic E-state index is -0.488. The van der Waals surface area contributed by atoms with E-state index in [1.165, 1.54) is 0 Å². The molecule has 0 bridgehead atoms. The Bertz CT molecular complexity index is 475. The number of carbonyl (C=O) groups is 1. The summed E-state index contributed by atoms with van der Waals surface area (Å²) in [5, 5.41) is 8.68. The van der Waals surface area contributed by atoms with E-state index >= 15 is 0 Å². The van der Waals surface area contributed by atoms with Gasteiger partial charge in [-0.1, -0.05) is 49.6 Å². The summed E-state index contributed by atoms with van der Waals surface area (Å²) in [6, 6.07) is 7.20. The van der Waals surface area contributed by atoms with Crippen molar-refractivity contribution in [2.75, 3.05) is 0 Å². The van der Waals surface area contributed by atoms with Gasteiger partial charge in [0.05, 0.1) is 0 Å². The molecule has 1 aromatic carbocycles. The Morgan fingerprint density at radius 1 is 1.33 bits per heavy atom. The molecule has 0 aliphatic rings. The van der Waals surface area contributed by atoms with Gasteiger partial charge in [0.15, 0.2) is 0 Å². The van der Waals surface area contributed by atoms with Gasteiger partial charge in [0.25, 0.3) is 5.91 Å². The third-order valence-corrected chi connectivity index (χ3v) is 2.64. The summed E-state index contributed by atoms with van der Waals surface area (Å²) in [6.07, 6.45) is 6.85. The summed E-state index contributed by atoms with van der Waals surface area (Å²) in [7, 11) is 0. The number of rotatable bonds is 6. The van der Waals surface area contributed by atoms with Gasteiger partial charge in [0.1, 0.15) is 0 Å². The molecule has 0 atom stereocenters. The topological polar surface area (TPSA) is 49.3 Å². The Hall–Kier alpha value is -2.13. The van der Waals surface area contributed by atoms with Crippen LogP contribution in [0.3, 0.4) is 0 Å². The summed E-state index contributed by atoms with van der Waals surface area (Å²) in [5.41, 5.74) is 4.10. The first-order chi connectivity index (χ1) is 8.72. The highest BCUT2D eigenvalue weighted by Gasteiger charge is 2.09. The molecule has 1 aromatic rings. The van der Waals surface area contributed by atoms with Gasteiger partial charge < -0.3 is 0 Å². The molecule has 0 saturated heterocycles. The first-order valence-corrected chi connectivity index (χ1v) is 5.69. The highest BCUT2D eigenvalue weighted by Crippen LogP contribution is 2.14. The van der Waals surface area contributed by atoms with Crippen LogP contribution in [0.2, 0.25) is 0 Å². The lowest BCUT2D eigenvalue weighted by molar-refractivity contribution is 0.0705. The van der Waals surface area contributed by atoms with Crippen LogP contribution >= 0.6 is 0 Å². The normalized spacial score (nSPS) is 10.8. The number of amides is 1.